The molecule has 1 aromatic heterocycles. The predicted octanol–water partition coefficient (Wildman–Crippen LogP) is 3.39. The SMILES string of the molecule is COCCCn1ncc(OC2CCCCC2)c1Br. The molecule has 0 N–H and O–H groups in total. The molecular formula is C13H21BrN2O2. The highest BCUT2D eigenvalue weighted by atomic mass is 79.9. The van der Waals surface area contributed by atoms with E-state index >= 15 is 0 Å². The maximum atomic E-state index is 6.01. The molecule has 0 unspecified atom stereocenters. The quantitative estimate of drug-likeness (QED) is 0.755. The van der Waals surface area contributed by atoms with Crippen LogP contribution in [0.4, 0.5) is 0 Å². The van der Waals surface area contributed by atoms with Crippen LogP contribution >= 0.6 is 15.9 Å². The number of rotatable bonds is 6. The van der Waals surface area contributed by atoms with Crippen LogP contribution in [0.1, 0.15) is 38.5 Å². The van der Waals surface area contributed by atoms with Gasteiger partial charge in [-0.3, -0.25) is 4.68 Å². The molecule has 0 aromatic carbocycles. The van der Waals surface area contributed by atoms with Crippen molar-refractivity contribution in [2.45, 2.75) is 51.2 Å². The molecule has 0 spiro atoms. The van der Waals surface area contributed by atoms with Crippen molar-refractivity contribution >= 4 is 15.9 Å². The number of aryl methyl sites for hydroxylation is 1. The zero-order valence-electron chi connectivity index (χ0n) is 10.9. The molecule has 4 nitrogen and oxygen atoms in total. The van der Waals surface area contributed by atoms with E-state index in [-0.39, 0.29) is 0 Å². The van der Waals surface area contributed by atoms with Gasteiger partial charge in [-0.1, -0.05) is 6.42 Å². The fourth-order valence-corrected chi connectivity index (χ4v) is 2.77. The van der Waals surface area contributed by atoms with E-state index in [1.54, 1.807) is 7.11 Å². The first-order valence-electron chi connectivity index (χ1n) is 6.68. The lowest BCUT2D eigenvalue weighted by Crippen LogP contribution is -2.19. The van der Waals surface area contributed by atoms with Crippen molar-refractivity contribution in [2.24, 2.45) is 0 Å². The van der Waals surface area contributed by atoms with Gasteiger partial charge in [0.2, 0.25) is 0 Å². The molecule has 0 radical (unpaired) electrons. The summed E-state index contributed by atoms with van der Waals surface area (Å²) >= 11 is 3.56. The minimum atomic E-state index is 0.367. The van der Waals surface area contributed by atoms with Crippen molar-refractivity contribution in [1.82, 2.24) is 9.78 Å². The molecule has 1 aliphatic rings. The van der Waals surface area contributed by atoms with Crippen LogP contribution in [0.25, 0.3) is 0 Å². The van der Waals surface area contributed by atoms with Crippen molar-refractivity contribution in [3.05, 3.63) is 10.8 Å². The molecule has 1 aromatic rings. The minimum absolute atomic E-state index is 0.367. The molecule has 18 heavy (non-hydrogen) atoms. The van der Waals surface area contributed by atoms with Gasteiger partial charge in [-0.2, -0.15) is 5.10 Å². The highest BCUT2D eigenvalue weighted by molar-refractivity contribution is 9.10. The van der Waals surface area contributed by atoms with Crippen molar-refractivity contribution in [1.29, 1.82) is 0 Å². The summed E-state index contributed by atoms with van der Waals surface area (Å²) in [6.45, 7) is 1.60. The fourth-order valence-electron chi connectivity index (χ4n) is 2.31. The summed E-state index contributed by atoms with van der Waals surface area (Å²) in [4.78, 5) is 0. The lowest BCUT2D eigenvalue weighted by molar-refractivity contribution is 0.153. The number of halogens is 1. The Morgan fingerprint density at radius 1 is 1.39 bits per heavy atom. The maximum Gasteiger partial charge on any atom is 0.172 e. The highest BCUT2D eigenvalue weighted by Gasteiger charge is 2.18. The first-order valence-corrected chi connectivity index (χ1v) is 7.47. The topological polar surface area (TPSA) is 36.3 Å². The summed E-state index contributed by atoms with van der Waals surface area (Å²) in [5, 5.41) is 4.34. The Morgan fingerprint density at radius 2 is 2.17 bits per heavy atom. The van der Waals surface area contributed by atoms with Crippen molar-refractivity contribution in [3.8, 4) is 5.75 Å². The molecule has 0 amide bonds. The van der Waals surface area contributed by atoms with Gasteiger partial charge in [-0.25, -0.2) is 0 Å². The van der Waals surface area contributed by atoms with Gasteiger partial charge < -0.3 is 9.47 Å². The van der Waals surface area contributed by atoms with E-state index in [4.69, 9.17) is 9.47 Å². The summed E-state index contributed by atoms with van der Waals surface area (Å²) in [5.74, 6) is 0.874. The molecule has 1 saturated carbocycles. The van der Waals surface area contributed by atoms with Crippen LogP contribution in [-0.2, 0) is 11.3 Å². The van der Waals surface area contributed by atoms with Gasteiger partial charge in [0.05, 0.1) is 12.3 Å². The summed E-state index contributed by atoms with van der Waals surface area (Å²) in [5.41, 5.74) is 0. The van der Waals surface area contributed by atoms with E-state index in [0.717, 1.165) is 29.9 Å². The van der Waals surface area contributed by atoms with Crippen LogP contribution in [0.3, 0.4) is 0 Å². The highest BCUT2D eigenvalue weighted by Crippen LogP contribution is 2.29. The Kier molecular flexibility index (Phi) is 5.50. The predicted molar refractivity (Wildman–Crippen MR) is 73.9 cm³/mol. The molecule has 1 aliphatic carbocycles. The standard InChI is InChI=1S/C13H21BrN2O2/c1-17-9-5-8-16-13(14)12(10-15-16)18-11-6-3-2-4-7-11/h10-11H,2-9H2,1H3. The van der Waals surface area contributed by atoms with Crippen molar-refractivity contribution in [2.75, 3.05) is 13.7 Å². The van der Waals surface area contributed by atoms with Crippen LogP contribution in [0.2, 0.25) is 0 Å². The monoisotopic (exact) mass is 316 g/mol. The Morgan fingerprint density at radius 3 is 2.89 bits per heavy atom. The van der Waals surface area contributed by atoms with Crippen molar-refractivity contribution in [3.63, 3.8) is 0 Å². The lowest BCUT2D eigenvalue weighted by atomic mass is 9.98. The van der Waals surface area contributed by atoms with Gasteiger partial charge in [-0.15, -0.1) is 0 Å². The number of ether oxygens (including phenoxy) is 2. The number of hydrogen-bond donors (Lipinski definition) is 0. The Hall–Kier alpha value is -0.550. The van der Waals surface area contributed by atoms with Gasteiger partial charge in [0.15, 0.2) is 5.75 Å². The molecule has 0 aliphatic heterocycles. The van der Waals surface area contributed by atoms with Gasteiger partial charge >= 0.3 is 0 Å². The lowest BCUT2D eigenvalue weighted by Gasteiger charge is -2.22. The van der Waals surface area contributed by atoms with Crippen molar-refractivity contribution < 1.29 is 9.47 Å². The summed E-state index contributed by atoms with van der Waals surface area (Å²) in [6, 6.07) is 0. The zero-order valence-corrected chi connectivity index (χ0v) is 12.5. The van der Waals surface area contributed by atoms with Gasteiger partial charge in [0.25, 0.3) is 0 Å². The summed E-state index contributed by atoms with van der Waals surface area (Å²) < 4.78 is 13.9. The number of nitrogens with zero attached hydrogens (tertiary/aromatic N) is 2. The zero-order chi connectivity index (χ0) is 12.8. The first-order chi connectivity index (χ1) is 8.81. The average molecular weight is 317 g/mol. The Balaban J connectivity index is 1.88. The number of hydrogen-bond acceptors (Lipinski definition) is 3. The minimum Gasteiger partial charge on any atom is -0.486 e. The summed E-state index contributed by atoms with van der Waals surface area (Å²) in [7, 11) is 1.72. The van der Waals surface area contributed by atoms with Crippen LogP contribution < -0.4 is 4.74 Å². The fraction of sp³-hybridized carbons (Fsp3) is 0.769. The van der Waals surface area contributed by atoms with E-state index in [1.807, 2.05) is 10.9 Å². The largest absolute Gasteiger partial charge is 0.486 e. The average Bonchev–Trinajstić information content (AvgIpc) is 2.73. The first kappa shape index (κ1) is 13.9. The van der Waals surface area contributed by atoms with Crippen LogP contribution in [-0.4, -0.2) is 29.6 Å². The van der Waals surface area contributed by atoms with E-state index in [1.165, 1.54) is 32.1 Å². The molecule has 0 atom stereocenters. The third-order valence-corrected chi connectivity index (χ3v) is 4.11. The third-order valence-electron chi connectivity index (χ3n) is 3.31. The van der Waals surface area contributed by atoms with Gasteiger partial charge in [0.1, 0.15) is 4.60 Å². The van der Waals surface area contributed by atoms with E-state index in [9.17, 15) is 0 Å². The normalized spacial score (nSPS) is 17.0. The molecule has 0 bridgehead atoms. The van der Waals surface area contributed by atoms with E-state index < -0.39 is 0 Å². The van der Waals surface area contributed by atoms with Gasteiger partial charge in [-0.05, 0) is 48.0 Å². The summed E-state index contributed by atoms with van der Waals surface area (Å²) in [6.07, 6.45) is 9.38. The van der Waals surface area contributed by atoms with Gasteiger partial charge in [0, 0.05) is 20.3 Å². The molecular weight excluding hydrogens is 296 g/mol. The third kappa shape index (κ3) is 3.72. The number of methoxy groups -OCH3 is 1. The Bertz CT molecular complexity index is 362. The van der Waals surface area contributed by atoms with Crippen LogP contribution in [0.5, 0.6) is 5.75 Å². The molecule has 1 fully saturated rings. The van der Waals surface area contributed by atoms with E-state index in [2.05, 4.69) is 21.0 Å². The maximum absolute atomic E-state index is 6.01. The smallest absolute Gasteiger partial charge is 0.172 e. The second kappa shape index (κ2) is 7.14. The molecule has 5 heteroatoms. The molecule has 0 saturated heterocycles. The molecule has 1 heterocycles. The number of aromatic nitrogens is 2. The van der Waals surface area contributed by atoms with E-state index in [0.29, 0.717) is 6.10 Å². The van der Waals surface area contributed by atoms with Crippen LogP contribution in [0, 0.1) is 0 Å². The Labute approximate surface area is 117 Å². The molecule has 2 rings (SSSR count). The second-order valence-corrected chi connectivity index (χ2v) is 5.50. The molecule has 102 valence electrons. The van der Waals surface area contributed by atoms with Crippen LogP contribution in [0.15, 0.2) is 10.8 Å². The second-order valence-electron chi connectivity index (χ2n) is 4.75.